The molecular formula is C17H17FN4OS. The Labute approximate surface area is 144 Å². The van der Waals surface area contributed by atoms with Crippen molar-refractivity contribution in [3.8, 4) is 5.88 Å². The highest BCUT2D eigenvalue weighted by Gasteiger charge is 2.11. The van der Waals surface area contributed by atoms with Crippen LogP contribution in [0.25, 0.3) is 10.9 Å². The molecule has 0 amide bonds. The van der Waals surface area contributed by atoms with Gasteiger partial charge in [0.15, 0.2) is 5.11 Å². The highest BCUT2D eigenvalue weighted by atomic mass is 32.1. The lowest BCUT2D eigenvalue weighted by Gasteiger charge is -2.11. The minimum absolute atomic E-state index is 0.307. The Bertz CT molecular complexity index is 893. The Kier molecular flexibility index (Phi) is 4.61. The lowest BCUT2D eigenvalue weighted by atomic mass is 10.2. The number of nitrogens with one attached hydrogen (secondary N) is 2. The minimum Gasteiger partial charge on any atom is -0.476 e. The van der Waals surface area contributed by atoms with E-state index in [1.165, 1.54) is 6.07 Å². The first-order chi connectivity index (χ1) is 11.6. The van der Waals surface area contributed by atoms with E-state index in [1.54, 1.807) is 22.9 Å². The van der Waals surface area contributed by atoms with Crippen molar-refractivity contribution in [1.29, 1.82) is 0 Å². The van der Waals surface area contributed by atoms with Gasteiger partial charge in [0.25, 0.3) is 0 Å². The molecule has 0 unspecified atom stereocenters. The number of benzene rings is 2. The second-order valence-corrected chi connectivity index (χ2v) is 5.56. The third kappa shape index (κ3) is 3.30. The first kappa shape index (κ1) is 16.2. The maximum atomic E-state index is 13.7. The molecule has 0 radical (unpaired) electrons. The summed E-state index contributed by atoms with van der Waals surface area (Å²) < 4.78 is 21.0. The second kappa shape index (κ2) is 6.84. The molecule has 3 aromatic rings. The Morgan fingerprint density at radius 3 is 2.79 bits per heavy atom. The van der Waals surface area contributed by atoms with Gasteiger partial charge in [-0.05, 0) is 49.5 Å². The van der Waals surface area contributed by atoms with Crippen molar-refractivity contribution in [2.24, 2.45) is 7.05 Å². The average molecular weight is 344 g/mol. The molecule has 0 saturated carbocycles. The number of halogens is 1. The lowest BCUT2D eigenvalue weighted by molar-refractivity contribution is 0.326. The molecule has 0 saturated heterocycles. The summed E-state index contributed by atoms with van der Waals surface area (Å²) in [5, 5.41) is 11.4. The number of nitrogens with zero attached hydrogens (tertiary/aromatic N) is 2. The molecule has 2 N–H and O–H groups in total. The first-order valence-corrected chi connectivity index (χ1v) is 7.91. The molecule has 1 heterocycles. The van der Waals surface area contributed by atoms with E-state index < -0.39 is 0 Å². The Balaban J connectivity index is 1.81. The Morgan fingerprint density at radius 1 is 1.25 bits per heavy atom. The number of aromatic nitrogens is 2. The average Bonchev–Trinajstić information content (AvgIpc) is 2.86. The summed E-state index contributed by atoms with van der Waals surface area (Å²) in [6.45, 7) is 2.45. The van der Waals surface area contributed by atoms with Crippen molar-refractivity contribution in [1.82, 2.24) is 9.78 Å². The van der Waals surface area contributed by atoms with Crippen LogP contribution in [0.2, 0.25) is 0 Å². The molecule has 0 spiro atoms. The molecule has 0 atom stereocenters. The fourth-order valence-electron chi connectivity index (χ4n) is 2.40. The molecule has 3 rings (SSSR count). The molecule has 1 aromatic heterocycles. The van der Waals surface area contributed by atoms with Crippen molar-refractivity contribution < 1.29 is 9.13 Å². The molecule has 0 bridgehead atoms. The molecule has 0 aliphatic heterocycles. The highest BCUT2D eigenvalue weighted by Crippen LogP contribution is 2.27. The number of ether oxygens (including phenoxy) is 1. The van der Waals surface area contributed by atoms with Gasteiger partial charge in [-0.15, -0.1) is 5.10 Å². The molecular weight excluding hydrogens is 327 g/mol. The van der Waals surface area contributed by atoms with Gasteiger partial charge in [-0.2, -0.15) is 0 Å². The normalized spacial score (nSPS) is 10.6. The molecule has 7 heteroatoms. The zero-order valence-electron chi connectivity index (χ0n) is 13.3. The van der Waals surface area contributed by atoms with E-state index in [9.17, 15) is 4.39 Å². The van der Waals surface area contributed by atoms with Gasteiger partial charge in [-0.3, -0.25) is 4.68 Å². The summed E-state index contributed by atoms with van der Waals surface area (Å²) in [6.07, 6.45) is 0. The molecule has 24 heavy (non-hydrogen) atoms. The third-order valence-corrected chi connectivity index (χ3v) is 3.68. The van der Waals surface area contributed by atoms with E-state index in [0.717, 1.165) is 16.6 Å². The van der Waals surface area contributed by atoms with E-state index in [1.807, 2.05) is 32.2 Å². The monoisotopic (exact) mass is 344 g/mol. The van der Waals surface area contributed by atoms with Gasteiger partial charge < -0.3 is 15.4 Å². The van der Waals surface area contributed by atoms with Gasteiger partial charge >= 0.3 is 0 Å². The topological polar surface area (TPSA) is 51.1 Å². The molecule has 0 aliphatic carbocycles. The van der Waals surface area contributed by atoms with E-state index >= 15 is 0 Å². The van der Waals surface area contributed by atoms with Crippen LogP contribution in [0, 0.1) is 5.82 Å². The maximum absolute atomic E-state index is 13.7. The van der Waals surface area contributed by atoms with Crippen molar-refractivity contribution in [2.45, 2.75) is 6.92 Å². The van der Waals surface area contributed by atoms with Crippen molar-refractivity contribution in [3.05, 3.63) is 48.3 Å². The van der Waals surface area contributed by atoms with Gasteiger partial charge in [0.05, 0.1) is 23.2 Å². The predicted octanol–water partition coefficient (Wildman–Crippen LogP) is 3.92. The van der Waals surface area contributed by atoms with E-state index in [4.69, 9.17) is 17.0 Å². The second-order valence-electron chi connectivity index (χ2n) is 5.15. The number of thiocarbonyl (C=S) groups is 1. The molecule has 0 fully saturated rings. The Hall–Kier alpha value is -2.67. The number of hydrogen-bond donors (Lipinski definition) is 2. The smallest absolute Gasteiger partial charge is 0.240 e. The molecule has 5 nitrogen and oxygen atoms in total. The van der Waals surface area contributed by atoms with Crippen LogP contribution in [0.4, 0.5) is 15.8 Å². The van der Waals surface area contributed by atoms with Crippen LogP contribution in [0.5, 0.6) is 5.88 Å². The quantitative estimate of drug-likeness (QED) is 0.703. The van der Waals surface area contributed by atoms with E-state index in [-0.39, 0.29) is 5.82 Å². The minimum atomic E-state index is -0.358. The number of rotatable bonds is 4. The molecule has 0 aliphatic rings. The van der Waals surface area contributed by atoms with Crippen molar-refractivity contribution >= 4 is 39.6 Å². The van der Waals surface area contributed by atoms with Crippen LogP contribution < -0.4 is 15.4 Å². The van der Waals surface area contributed by atoms with Gasteiger partial charge in [-0.25, -0.2) is 4.39 Å². The third-order valence-electron chi connectivity index (χ3n) is 3.48. The predicted molar refractivity (Wildman–Crippen MR) is 98.1 cm³/mol. The summed E-state index contributed by atoms with van der Waals surface area (Å²) in [5.41, 5.74) is 2.05. The summed E-state index contributed by atoms with van der Waals surface area (Å²) in [6, 6.07) is 12.1. The first-order valence-electron chi connectivity index (χ1n) is 7.50. The Morgan fingerprint density at radius 2 is 2.04 bits per heavy atom. The fraction of sp³-hybridized carbons (Fsp3) is 0.176. The number of aryl methyl sites for hydroxylation is 1. The number of hydrogen-bond acceptors (Lipinski definition) is 3. The molecule has 124 valence electrons. The summed E-state index contributed by atoms with van der Waals surface area (Å²) in [5.74, 6) is 0.217. The van der Waals surface area contributed by atoms with Crippen LogP contribution in [-0.2, 0) is 7.05 Å². The SMILES string of the molecule is CCOc1nn(C)c2ccc(NC(=S)Nc3ccccc3F)cc12. The van der Waals surface area contributed by atoms with Crippen LogP contribution in [0.1, 0.15) is 6.92 Å². The van der Waals surface area contributed by atoms with Crippen LogP contribution in [-0.4, -0.2) is 21.5 Å². The van der Waals surface area contributed by atoms with Crippen LogP contribution >= 0.6 is 12.2 Å². The molecule has 2 aromatic carbocycles. The largest absolute Gasteiger partial charge is 0.476 e. The van der Waals surface area contributed by atoms with E-state index in [0.29, 0.717) is 23.3 Å². The van der Waals surface area contributed by atoms with Crippen molar-refractivity contribution in [3.63, 3.8) is 0 Å². The van der Waals surface area contributed by atoms with E-state index in [2.05, 4.69) is 15.7 Å². The summed E-state index contributed by atoms with van der Waals surface area (Å²) in [7, 11) is 1.86. The number of fused-ring (bicyclic) bond motifs is 1. The maximum Gasteiger partial charge on any atom is 0.240 e. The van der Waals surface area contributed by atoms with Gasteiger partial charge in [-0.1, -0.05) is 12.1 Å². The lowest BCUT2D eigenvalue weighted by Crippen LogP contribution is -2.19. The summed E-state index contributed by atoms with van der Waals surface area (Å²) in [4.78, 5) is 0. The standard InChI is InChI=1S/C17H17FN4OS/c1-3-23-16-12-10-11(8-9-15(12)22(2)21-16)19-17(24)20-14-7-5-4-6-13(14)18/h4-10H,3H2,1-2H3,(H2,19,20,24). The zero-order chi connectivity index (χ0) is 17.1. The van der Waals surface area contributed by atoms with Gasteiger partial charge in [0, 0.05) is 12.7 Å². The fourth-order valence-corrected chi connectivity index (χ4v) is 2.63. The van der Waals surface area contributed by atoms with Crippen LogP contribution in [0.15, 0.2) is 42.5 Å². The van der Waals surface area contributed by atoms with Gasteiger partial charge in [0.1, 0.15) is 5.82 Å². The zero-order valence-corrected chi connectivity index (χ0v) is 14.2. The van der Waals surface area contributed by atoms with Crippen molar-refractivity contribution in [2.75, 3.05) is 17.2 Å². The van der Waals surface area contributed by atoms with Crippen LogP contribution in [0.3, 0.4) is 0 Å². The highest BCUT2D eigenvalue weighted by molar-refractivity contribution is 7.80. The van der Waals surface area contributed by atoms with Gasteiger partial charge in [0.2, 0.25) is 5.88 Å². The number of para-hydroxylation sites is 1. The number of anilines is 2. The summed E-state index contributed by atoms with van der Waals surface area (Å²) >= 11 is 5.25.